The van der Waals surface area contributed by atoms with E-state index in [4.69, 9.17) is 4.42 Å². The zero-order valence-corrected chi connectivity index (χ0v) is 18.1. The smallest absolute Gasteiger partial charge is 0.337 e. The Morgan fingerprint density at radius 2 is 1.94 bits per heavy atom. The van der Waals surface area contributed by atoms with Gasteiger partial charge in [0.05, 0.1) is 22.5 Å². The fourth-order valence-corrected chi connectivity index (χ4v) is 4.06. The van der Waals surface area contributed by atoms with Crippen molar-refractivity contribution >= 4 is 28.1 Å². The molecule has 0 amide bonds. The van der Waals surface area contributed by atoms with Gasteiger partial charge >= 0.3 is 5.97 Å². The predicted molar refractivity (Wildman–Crippen MR) is 127 cm³/mol. The zero-order chi connectivity index (χ0) is 23.1. The van der Waals surface area contributed by atoms with Gasteiger partial charge in [-0.2, -0.15) is 5.10 Å². The first-order valence-corrected chi connectivity index (χ1v) is 10.5. The van der Waals surface area contributed by atoms with Gasteiger partial charge in [-0.15, -0.1) is 0 Å². The quantitative estimate of drug-likeness (QED) is 0.386. The van der Waals surface area contributed by atoms with E-state index in [1.165, 1.54) is 6.07 Å². The van der Waals surface area contributed by atoms with Crippen molar-refractivity contribution in [2.24, 2.45) is 0 Å². The predicted octanol–water partition coefficient (Wildman–Crippen LogP) is 5.29. The average molecular weight is 439 g/mol. The molecule has 7 heteroatoms. The Bertz CT molecular complexity index is 1580. The Morgan fingerprint density at radius 3 is 2.76 bits per heavy atom. The van der Waals surface area contributed by atoms with E-state index in [1.807, 2.05) is 50.4 Å². The summed E-state index contributed by atoms with van der Waals surface area (Å²) in [6, 6.07) is 17.4. The first-order chi connectivity index (χ1) is 15.9. The molecular formula is C26H21N3O4. The monoisotopic (exact) mass is 439 g/mol. The Morgan fingerprint density at radius 1 is 1.12 bits per heavy atom. The first-order valence-electron chi connectivity index (χ1n) is 10.5. The second-order valence-electron chi connectivity index (χ2n) is 8.04. The second kappa shape index (κ2) is 7.94. The maximum Gasteiger partial charge on any atom is 0.337 e. The van der Waals surface area contributed by atoms with E-state index in [1.54, 1.807) is 35.0 Å². The molecule has 7 nitrogen and oxygen atoms in total. The normalized spacial score (nSPS) is 12.2. The van der Waals surface area contributed by atoms with Crippen molar-refractivity contribution < 1.29 is 14.3 Å². The van der Waals surface area contributed by atoms with E-state index in [-0.39, 0.29) is 17.0 Å². The summed E-state index contributed by atoms with van der Waals surface area (Å²) >= 11 is 0. The van der Waals surface area contributed by atoms with E-state index in [9.17, 15) is 14.7 Å². The van der Waals surface area contributed by atoms with Gasteiger partial charge in [0, 0.05) is 35.3 Å². The van der Waals surface area contributed by atoms with Gasteiger partial charge in [-0.05, 0) is 55.8 Å². The molecule has 33 heavy (non-hydrogen) atoms. The minimum atomic E-state index is -1.01. The molecule has 3 heterocycles. The van der Waals surface area contributed by atoms with Crippen molar-refractivity contribution in [1.29, 1.82) is 0 Å². The molecule has 3 aromatic heterocycles. The summed E-state index contributed by atoms with van der Waals surface area (Å²) in [5, 5.41) is 17.5. The lowest BCUT2D eigenvalue weighted by molar-refractivity contribution is 0.0698. The van der Waals surface area contributed by atoms with Crippen LogP contribution in [-0.4, -0.2) is 20.7 Å². The van der Waals surface area contributed by atoms with Crippen LogP contribution in [0.2, 0.25) is 0 Å². The van der Waals surface area contributed by atoms with Crippen LogP contribution in [0.1, 0.15) is 34.5 Å². The van der Waals surface area contributed by atoms with Crippen molar-refractivity contribution in [3.63, 3.8) is 0 Å². The number of anilines is 1. The number of fused-ring (bicyclic) bond motifs is 2. The molecule has 5 aromatic rings. The van der Waals surface area contributed by atoms with E-state index < -0.39 is 5.97 Å². The molecule has 0 aliphatic heterocycles. The minimum absolute atomic E-state index is 0.144. The number of carbonyl (C=O) groups is 1. The number of carboxylic acids is 1. The van der Waals surface area contributed by atoms with Gasteiger partial charge < -0.3 is 14.8 Å². The first kappa shape index (κ1) is 20.5. The van der Waals surface area contributed by atoms with E-state index in [0.717, 1.165) is 22.2 Å². The van der Waals surface area contributed by atoms with Gasteiger partial charge in [0.2, 0.25) is 0 Å². The molecule has 0 radical (unpaired) electrons. The minimum Gasteiger partial charge on any atom is -0.478 e. The molecule has 0 aliphatic rings. The summed E-state index contributed by atoms with van der Waals surface area (Å²) in [5.41, 5.74) is 4.35. The van der Waals surface area contributed by atoms with Crippen molar-refractivity contribution in [1.82, 2.24) is 9.61 Å². The van der Waals surface area contributed by atoms with E-state index in [0.29, 0.717) is 22.4 Å². The van der Waals surface area contributed by atoms with Crippen molar-refractivity contribution in [3.05, 3.63) is 100.0 Å². The van der Waals surface area contributed by atoms with Crippen LogP contribution >= 0.6 is 0 Å². The van der Waals surface area contributed by atoms with Gasteiger partial charge in [0.1, 0.15) is 11.3 Å². The number of benzene rings is 2. The molecule has 0 aliphatic carbocycles. The van der Waals surface area contributed by atoms with Crippen LogP contribution in [-0.2, 0) is 0 Å². The highest BCUT2D eigenvalue weighted by molar-refractivity contribution is 5.94. The maximum absolute atomic E-state index is 13.0. The Labute approximate surface area is 188 Å². The average Bonchev–Trinajstić information content (AvgIpc) is 3.27. The Kier molecular flexibility index (Phi) is 4.94. The number of pyridine rings is 1. The molecule has 0 unspecified atom stereocenters. The highest BCUT2D eigenvalue weighted by Gasteiger charge is 2.18. The van der Waals surface area contributed by atoms with Crippen LogP contribution in [0.3, 0.4) is 0 Å². The molecule has 2 aromatic carbocycles. The van der Waals surface area contributed by atoms with Crippen molar-refractivity contribution in [3.8, 4) is 11.3 Å². The topological polar surface area (TPSA) is 96.8 Å². The molecule has 0 saturated heterocycles. The number of aromatic nitrogens is 2. The van der Waals surface area contributed by atoms with Gasteiger partial charge in [-0.1, -0.05) is 18.2 Å². The SMILES string of the molecule is Cc1cc([C@@H](C)Nc2ccccc2C(=O)O)c2oc(-c3ccc4ccnn4c3)cc(=O)c2c1. The summed E-state index contributed by atoms with van der Waals surface area (Å²) in [6.45, 7) is 3.83. The Balaban J connectivity index is 1.64. The lowest BCUT2D eigenvalue weighted by Crippen LogP contribution is -2.12. The third-order valence-electron chi connectivity index (χ3n) is 5.68. The summed E-state index contributed by atoms with van der Waals surface area (Å²) < 4.78 is 8.00. The summed E-state index contributed by atoms with van der Waals surface area (Å²) in [4.78, 5) is 24.7. The summed E-state index contributed by atoms with van der Waals surface area (Å²) in [6.07, 6.45) is 3.52. The standard InChI is InChI=1S/C26H21N3O4/c1-15-11-20(16(2)28-22-6-4-3-5-19(22)26(31)32)25-21(12-15)23(30)13-24(33-25)17-7-8-18-9-10-27-29(18)14-17/h3-14,16,28H,1-2H3,(H,31,32)/t16-/m1/s1. The number of aryl methyl sites for hydroxylation is 1. The van der Waals surface area contributed by atoms with E-state index >= 15 is 0 Å². The Hall–Kier alpha value is -4.39. The summed E-state index contributed by atoms with van der Waals surface area (Å²) in [5.74, 6) is -0.574. The van der Waals surface area contributed by atoms with E-state index in [2.05, 4.69) is 10.4 Å². The fourth-order valence-electron chi connectivity index (χ4n) is 4.06. The highest BCUT2D eigenvalue weighted by Crippen LogP contribution is 2.31. The van der Waals surface area contributed by atoms with Gasteiger partial charge in [0.25, 0.3) is 0 Å². The van der Waals surface area contributed by atoms with Crippen LogP contribution < -0.4 is 10.7 Å². The van der Waals surface area contributed by atoms with Gasteiger partial charge in [0.15, 0.2) is 5.43 Å². The third-order valence-corrected chi connectivity index (χ3v) is 5.68. The molecule has 0 fully saturated rings. The lowest BCUT2D eigenvalue weighted by Gasteiger charge is -2.19. The van der Waals surface area contributed by atoms with Crippen LogP contribution in [0, 0.1) is 6.92 Å². The van der Waals surface area contributed by atoms with Crippen LogP contribution in [0.25, 0.3) is 27.8 Å². The molecular weight excluding hydrogens is 418 g/mol. The molecule has 5 rings (SSSR count). The fraction of sp³-hybridized carbons (Fsp3) is 0.115. The number of aromatic carboxylic acids is 1. The number of hydrogen-bond acceptors (Lipinski definition) is 5. The number of nitrogens with one attached hydrogen (secondary N) is 1. The number of carboxylic acid groups (broad SMARTS) is 1. The molecule has 2 N–H and O–H groups in total. The highest BCUT2D eigenvalue weighted by atomic mass is 16.4. The largest absolute Gasteiger partial charge is 0.478 e. The number of nitrogens with zero attached hydrogens (tertiary/aromatic N) is 2. The third kappa shape index (κ3) is 3.74. The summed E-state index contributed by atoms with van der Waals surface area (Å²) in [7, 11) is 0. The van der Waals surface area contributed by atoms with Gasteiger partial charge in [-0.25, -0.2) is 9.31 Å². The molecule has 0 saturated carbocycles. The number of hydrogen-bond donors (Lipinski definition) is 2. The van der Waals surface area contributed by atoms with Crippen molar-refractivity contribution in [2.45, 2.75) is 19.9 Å². The molecule has 0 spiro atoms. The van der Waals surface area contributed by atoms with Gasteiger partial charge in [-0.3, -0.25) is 4.79 Å². The van der Waals surface area contributed by atoms with Crippen LogP contribution in [0.15, 0.2) is 82.3 Å². The lowest BCUT2D eigenvalue weighted by atomic mass is 10.00. The number of rotatable bonds is 5. The molecule has 0 bridgehead atoms. The molecule has 1 atom stereocenters. The maximum atomic E-state index is 13.0. The zero-order valence-electron chi connectivity index (χ0n) is 18.1. The second-order valence-corrected chi connectivity index (χ2v) is 8.04. The number of para-hydroxylation sites is 1. The van der Waals surface area contributed by atoms with Crippen LogP contribution in [0.4, 0.5) is 5.69 Å². The molecule has 164 valence electrons. The van der Waals surface area contributed by atoms with Crippen molar-refractivity contribution in [2.75, 3.05) is 5.32 Å². The van der Waals surface area contributed by atoms with Crippen LogP contribution in [0.5, 0.6) is 0 Å².